The largest absolute Gasteiger partial charge is 0.361 e. The SMILES string of the molecule is C[C]=NOC1CO1. The van der Waals surface area contributed by atoms with Crippen LogP contribution in [0.15, 0.2) is 5.16 Å². The van der Waals surface area contributed by atoms with Crippen LogP contribution in [0, 0.1) is 0 Å². The lowest BCUT2D eigenvalue weighted by Crippen LogP contribution is -1.84. The second kappa shape index (κ2) is 1.93. The van der Waals surface area contributed by atoms with Crippen molar-refractivity contribution in [1.82, 2.24) is 0 Å². The summed E-state index contributed by atoms with van der Waals surface area (Å²) < 4.78 is 4.65. The normalized spacial score (nSPS) is 28.4. The second-order valence-corrected chi connectivity index (χ2v) is 1.18. The van der Waals surface area contributed by atoms with Gasteiger partial charge in [0.15, 0.2) is 0 Å². The molecule has 1 rings (SSSR count). The van der Waals surface area contributed by atoms with Gasteiger partial charge in [-0.1, -0.05) is 5.16 Å². The molecule has 0 amide bonds. The molecule has 1 aliphatic heterocycles. The number of ether oxygens (including phenoxy) is 1. The Bertz CT molecular complexity index is 77.8. The molecule has 1 unspecified atom stereocenters. The molecule has 39 valence electrons. The third-order valence-electron chi connectivity index (χ3n) is 0.564. The molecule has 0 aromatic rings. The number of rotatable bonds is 2. The van der Waals surface area contributed by atoms with E-state index >= 15 is 0 Å². The van der Waals surface area contributed by atoms with Crippen molar-refractivity contribution in [3.8, 4) is 0 Å². The molecule has 0 aliphatic carbocycles. The molecule has 3 nitrogen and oxygen atoms in total. The van der Waals surface area contributed by atoms with E-state index in [9.17, 15) is 0 Å². The minimum absolute atomic E-state index is 0.0764. The van der Waals surface area contributed by atoms with E-state index in [4.69, 9.17) is 0 Å². The topological polar surface area (TPSA) is 34.1 Å². The first-order valence-corrected chi connectivity index (χ1v) is 2.07. The smallest absolute Gasteiger partial charge is 0.250 e. The van der Waals surface area contributed by atoms with Crippen LogP contribution in [0.2, 0.25) is 0 Å². The highest BCUT2D eigenvalue weighted by molar-refractivity contribution is 5.52. The lowest BCUT2D eigenvalue weighted by atomic mass is 10.9. The van der Waals surface area contributed by atoms with Gasteiger partial charge in [0, 0.05) is 0 Å². The molecule has 0 spiro atoms. The van der Waals surface area contributed by atoms with Crippen molar-refractivity contribution < 1.29 is 9.57 Å². The summed E-state index contributed by atoms with van der Waals surface area (Å²) in [6.45, 7) is 2.34. The summed E-state index contributed by atoms with van der Waals surface area (Å²) in [7, 11) is 0. The maximum absolute atomic E-state index is 4.65. The Morgan fingerprint density at radius 1 is 2.00 bits per heavy atom. The molecule has 1 saturated heterocycles. The van der Waals surface area contributed by atoms with Crippen LogP contribution < -0.4 is 0 Å². The van der Waals surface area contributed by atoms with Gasteiger partial charge >= 0.3 is 0 Å². The minimum atomic E-state index is -0.0764. The van der Waals surface area contributed by atoms with Crippen LogP contribution >= 0.6 is 0 Å². The van der Waals surface area contributed by atoms with Gasteiger partial charge in [0.1, 0.15) is 12.8 Å². The van der Waals surface area contributed by atoms with E-state index < -0.39 is 0 Å². The van der Waals surface area contributed by atoms with Crippen LogP contribution in [-0.4, -0.2) is 19.1 Å². The Kier molecular flexibility index (Phi) is 1.26. The monoisotopic (exact) mass is 100 g/mol. The zero-order valence-corrected chi connectivity index (χ0v) is 4.05. The van der Waals surface area contributed by atoms with E-state index in [2.05, 4.69) is 20.9 Å². The molecule has 0 aromatic heterocycles. The second-order valence-electron chi connectivity index (χ2n) is 1.18. The number of epoxide rings is 1. The van der Waals surface area contributed by atoms with E-state index in [0.717, 1.165) is 0 Å². The van der Waals surface area contributed by atoms with E-state index in [-0.39, 0.29) is 6.29 Å². The van der Waals surface area contributed by atoms with Crippen LogP contribution in [0.4, 0.5) is 0 Å². The Labute approximate surface area is 41.9 Å². The van der Waals surface area contributed by atoms with Crippen molar-refractivity contribution in [2.24, 2.45) is 5.16 Å². The summed E-state index contributed by atoms with van der Waals surface area (Å²) >= 11 is 0. The van der Waals surface area contributed by atoms with Gasteiger partial charge in [0.25, 0.3) is 6.29 Å². The average Bonchev–Trinajstić information content (AvgIpc) is 2.42. The molecular weight excluding hydrogens is 94.0 g/mol. The highest BCUT2D eigenvalue weighted by atomic mass is 16.8. The number of hydrogen-bond acceptors (Lipinski definition) is 3. The fourth-order valence-electron chi connectivity index (χ4n) is 0.212. The van der Waals surface area contributed by atoms with Gasteiger partial charge < -0.3 is 9.57 Å². The molecule has 7 heavy (non-hydrogen) atoms. The molecule has 3 heteroatoms. The summed E-state index contributed by atoms with van der Waals surface area (Å²) in [4.78, 5) is 4.59. The molecule has 1 heterocycles. The van der Waals surface area contributed by atoms with Crippen molar-refractivity contribution in [3.05, 3.63) is 0 Å². The van der Waals surface area contributed by atoms with Crippen molar-refractivity contribution in [2.45, 2.75) is 13.2 Å². The first kappa shape index (κ1) is 4.59. The van der Waals surface area contributed by atoms with Crippen LogP contribution in [0.5, 0.6) is 0 Å². The molecule has 0 saturated carbocycles. The number of hydrogen-bond donors (Lipinski definition) is 0. The molecule has 0 N–H and O–H groups in total. The lowest BCUT2D eigenvalue weighted by molar-refractivity contribution is 0.0565. The predicted octanol–water partition coefficient (Wildman–Crippen LogP) is 0.242. The van der Waals surface area contributed by atoms with Crippen LogP contribution in [0.1, 0.15) is 6.92 Å². The molecular formula is C4H6NO2. The van der Waals surface area contributed by atoms with Gasteiger partial charge in [-0.15, -0.1) is 0 Å². The molecule has 1 aliphatic rings. The molecule has 0 aromatic carbocycles. The summed E-state index contributed by atoms with van der Waals surface area (Å²) in [5.74, 6) is 0. The number of nitrogens with zero attached hydrogens (tertiary/aromatic N) is 1. The lowest BCUT2D eigenvalue weighted by Gasteiger charge is -1.83. The van der Waals surface area contributed by atoms with Crippen molar-refractivity contribution in [1.29, 1.82) is 0 Å². The van der Waals surface area contributed by atoms with E-state index in [1.807, 2.05) is 0 Å². The van der Waals surface area contributed by atoms with Crippen LogP contribution in [0.3, 0.4) is 0 Å². The zero-order chi connectivity index (χ0) is 5.11. The minimum Gasteiger partial charge on any atom is -0.361 e. The Morgan fingerprint density at radius 2 is 2.71 bits per heavy atom. The molecule has 0 bridgehead atoms. The van der Waals surface area contributed by atoms with E-state index in [1.54, 1.807) is 6.92 Å². The van der Waals surface area contributed by atoms with Crippen LogP contribution in [-0.2, 0) is 9.57 Å². The predicted molar refractivity (Wildman–Crippen MR) is 23.9 cm³/mol. The maximum Gasteiger partial charge on any atom is 0.250 e. The van der Waals surface area contributed by atoms with E-state index in [0.29, 0.717) is 6.61 Å². The Morgan fingerprint density at radius 3 is 3.14 bits per heavy atom. The van der Waals surface area contributed by atoms with E-state index in [1.165, 1.54) is 0 Å². The maximum atomic E-state index is 4.65. The Balaban J connectivity index is 1.98. The van der Waals surface area contributed by atoms with Gasteiger partial charge in [-0.2, -0.15) is 0 Å². The highest BCUT2D eigenvalue weighted by Crippen LogP contribution is 2.09. The van der Waals surface area contributed by atoms with Gasteiger partial charge in [-0.05, 0) is 6.92 Å². The Hall–Kier alpha value is -0.570. The summed E-state index contributed by atoms with van der Waals surface area (Å²) in [6, 6.07) is 0. The van der Waals surface area contributed by atoms with Crippen LogP contribution in [0.25, 0.3) is 0 Å². The quantitative estimate of drug-likeness (QED) is 0.283. The van der Waals surface area contributed by atoms with Gasteiger partial charge in [0.05, 0.1) is 0 Å². The fourth-order valence-corrected chi connectivity index (χ4v) is 0.212. The van der Waals surface area contributed by atoms with Crippen molar-refractivity contribution in [3.63, 3.8) is 0 Å². The van der Waals surface area contributed by atoms with Gasteiger partial charge in [-0.25, -0.2) is 0 Å². The van der Waals surface area contributed by atoms with Gasteiger partial charge in [0.2, 0.25) is 0 Å². The molecule has 1 atom stereocenters. The summed E-state index contributed by atoms with van der Waals surface area (Å²) in [6.07, 6.45) is 2.39. The zero-order valence-electron chi connectivity index (χ0n) is 4.05. The summed E-state index contributed by atoms with van der Waals surface area (Å²) in [5.41, 5.74) is 0. The molecule has 1 fully saturated rings. The molecule has 1 radical (unpaired) electrons. The highest BCUT2D eigenvalue weighted by Gasteiger charge is 2.24. The van der Waals surface area contributed by atoms with Gasteiger partial charge in [-0.3, -0.25) is 0 Å². The van der Waals surface area contributed by atoms with Crippen molar-refractivity contribution in [2.75, 3.05) is 6.61 Å². The average molecular weight is 100 g/mol. The first-order valence-electron chi connectivity index (χ1n) is 2.07. The summed E-state index contributed by atoms with van der Waals surface area (Å²) in [5, 5.41) is 3.36. The van der Waals surface area contributed by atoms with Crippen molar-refractivity contribution >= 4 is 6.21 Å². The standard InChI is InChI=1S/C4H6NO2/c1-2-5-7-4-3-6-4/h4H,3H2,1H3. The first-order chi connectivity index (χ1) is 3.43. The third-order valence-corrected chi connectivity index (χ3v) is 0.564. The third kappa shape index (κ3) is 1.55. The fraction of sp³-hybridized carbons (Fsp3) is 0.750.